The highest BCUT2D eigenvalue weighted by molar-refractivity contribution is 6.34. The molecular formula is C24H39ClN4O. The van der Waals surface area contributed by atoms with E-state index in [1.165, 1.54) is 5.56 Å². The Morgan fingerprint density at radius 1 is 1.20 bits per heavy atom. The minimum absolute atomic E-state index is 0.0954. The van der Waals surface area contributed by atoms with Crippen molar-refractivity contribution >= 4 is 23.2 Å². The molecule has 6 heteroatoms. The van der Waals surface area contributed by atoms with Crippen LogP contribution in [0, 0.1) is 5.92 Å². The SMILES string of the molecule is C=C(NC(C)CC)C(=O)NCC(C)CCN1CCN(c2cccc(CC)c2Cl)CC1. The number of piperazine rings is 1. The molecule has 0 aliphatic carbocycles. The van der Waals surface area contributed by atoms with Crippen LogP contribution in [0.2, 0.25) is 5.02 Å². The van der Waals surface area contributed by atoms with Crippen LogP contribution in [0.4, 0.5) is 5.69 Å². The highest BCUT2D eigenvalue weighted by Gasteiger charge is 2.20. The lowest BCUT2D eigenvalue weighted by Gasteiger charge is -2.37. The molecule has 168 valence electrons. The maximum Gasteiger partial charge on any atom is 0.266 e. The summed E-state index contributed by atoms with van der Waals surface area (Å²) in [7, 11) is 0. The third kappa shape index (κ3) is 7.21. The van der Waals surface area contributed by atoms with Crippen LogP contribution >= 0.6 is 11.6 Å². The van der Waals surface area contributed by atoms with Gasteiger partial charge in [0.1, 0.15) is 0 Å². The van der Waals surface area contributed by atoms with Crippen LogP contribution in [0.25, 0.3) is 0 Å². The van der Waals surface area contributed by atoms with Crippen LogP contribution in [0.5, 0.6) is 0 Å². The molecule has 1 saturated heterocycles. The number of aryl methyl sites for hydroxylation is 1. The lowest BCUT2D eigenvalue weighted by Crippen LogP contribution is -2.47. The molecule has 2 rings (SSSR count). The number of halogens is 1. The van der Waals surface area contributed by atoms with Crippen LogP contribution in [-0.2, 0) is 11.2 Å². The quantitative estimate of drug-likeness (QED) is 0.515. The number of nitrogens with one attached hydrogen (secondary N) is 2. The highest BCUT2D eigenvalue weighted by Crippen LogP contribution is 2.30. The van der Waals surface area contributed by atoms with Crippen LogP contribution in [0.1, 0.15) is 46.1 Å². The molecular weight excluding hydrogens is 396 g/mol. The largest absolute Gasteiger partial charge is 0.379 e. The van der Waals surface area contributed by atoms with E-state index in [4.69, 9.17) is 11.6 Å². The summed E-state index contributed by atoms with van der Waals surface area (Å²) in [5.41, 5.74) is 2.84. The molecule has 1 aliphatic heterocycles. The van der Waals surface area contributed by atoms with E-state index in [9.17, 15) is 4.79 Å². The second-order valence-electron chi connectivity index (χ2n) is 8.47. The molecule has 1 fully saturated rings. The normalized spacial score (nSPS) is 16.8. The first-order valence-corrected chi connectivity index (χ1v) is 11.7. The van der Waals surface area contributed by atoms with E-state index < -0.39 is 0 Å². The third-order valence-corrected chi connectivity index (χ3v) is 6.44. The smallest absolute Gasteiger partial charge is 0.266 e. The van der Waals surface area contributed by atoms with Gasteiger partial charge in [0.25, 0.3) is 5.91 Å². The van der Waals surface area contributed by atoms with Gasteiger partial charge in [0, 0.05) is 38.8 Å². The molecule has 2 N–H and O–H groups in total. The molecule has 0 bridgehead atoms. The van der Waals surface area contributed by atoms with Crippen molar-refractivity contribution < 1.29 is 4.79 Å². The predicted octanol–water partition coefficient (Wildman–Crippen LogP) is 4.07. The van der Waals surface area contributed by atoms with Gasteiger partial charge in [-0.15, -0.1) is 0 Å². The molecule has 1 amide bonds. The zero-order valence-electron chi connectivity index (χ0n) is 19.1. The average molecular weight is 435 g/mol. The van der Waals surface area contributed by atoms with Gasteiger partial charge in [-0.2, -0.15) is 0 Å². The first kappa shape index (κ1) is 24.5. The van der Waals surface area contributed by atoms with Gasteiger partial charge >= 0.3 is 0 Å². The summed E-state index contributed by atoms with van der Waals surface area (Å²) in [6.45, 7) is 18.1. The van der Waals surface area contributed by atoms with Crippen LogP contribution in [0.3, 0.4) is 0 Å². The first-order valence-electron chi connectivity index (χ1n) is 11.3. The first-order chi connectivity index (χ1) is 14.3. The van der Waals surface area contributed by atoms with Crippen LogP contribution < -0.4 is 15.5 Å². The fraction of sp³-hybridized carbons (Fsp3) is 0.625. The van der Waals surface area contributed by atoms with Crippen molar-refractivity contribution in [2.45, 2.75) is 53.0 Å². The lowest BCUT2D eigenvalue weighted by atomic mass is 10.1. The van der Waals surface area contributed by atoms with Crippen molar-refractivity contribution in [2.75, 3.05) is 44.2 Å². The lowest BCUT2D eigenvalue weighted by molar-refractivity contribution is -0.118. The van der Waals surface area contributed by atoms with E-state index in [0.717, 1.165) is 62.7 Å². The van der Waals surface area contributed by atoms with Crippen molar-refractivity contribution in [1.29, 1.82) is 0 Å². The van der Waals surface area contributed by atoms with Crippen molar-refractivity contribution in [1.82, 2.24) is 15.5 Å². The Balaban J connectivity index is 1.69. The maximum absolute atomic E-state index is 12.1. The second kappa shape index (κ2) is 12.2. The van der Waals surface area contributed by atoms with Gasteiger partial charge in [-0.25, -0.2) is 0 Å². The number of carbonyl (C=O) groups excluding carboxylic acids is 1. The fourth-order valence-electron chi connectivity index (χ4n) is 3.64. The molecule has 1 aliphatic rings. The van der Waals surface area contributed by atoms with E-state index in [-0.39, 0.29) is 11.9 Å². The van der Waals surface area contributed by atoms with Gasteiger partial charge in [0.15, 0.2) is 0 Å². The number of amides is 1. The average Bonchev–Trinajstić information content (AvgIpc) is 2.76. The van der Waals surface area contributed by atoms with Crippen molar-refractivity contribution in [3.05, 3.63) is 41.1 Å². The Morgan fingerprint density at radius 2 is 1.90 bits per heavy atom. The Morgan fingerprint density at radius 3 is 2.53 bits per heavy atom. The van der Waals surface area contributed by atoms with E-state index in [2.05, 4.69) is 72.9 Å². The number of hydrogen-bond acceptors (Lipinski definition) is 4. The molecule has 0 spiro atoms. The zero-order chi connectivity index (χ0) is 22.1. The number of anilines is 1. The Kier molecular flexibility index (Phi) is 9.99. The van der Waals surface area contributed by atoms with E-state index >= 15 is 0 Å². The molecule has 1 aromatic rings. The Hall–Kier alpha value is -1.72. The summed E-state index contributed by atoms with van der Waals surface area (Å²) in [4.78, 5) is 17.1. The monoisotopic (exact) mass is 434 g/mol. The summed E-state index contributed by atoms with van der Waals surface area (Å²) in [6.07, 6.45) is 2.99. The molecule has 0 aromatic heterocycles. The molecule has 2 atom stereocenters. The van der Waals surface area contributed by atoms with Crippen LogP contribution in [-0.4, -0.2) is 56.1 Å². The van der Waals surface area contributed by atoms with Gasteiger partial charge in [-0.3, -0.25) is 9.69 Å². The molecule has 0 radical (unpaired) electrons. The molecule has 30 heavy (non-hydrogen) atoms. The number of hydrogen-bond donors (Lipinski definition) is 2. The molecule has 1 aromatic carbocycles. The van der Waals surface area contributed by atoms with E-state index in [0.29, 0.717) is 18.2 Å². The topological polar surface area (TPSA) is 47.6 Å². The molecule has 2 unspecified atom stereocenters. The maximum atomic E-state index is 12.1. The molecule has 5 nitrogen and oxygen atoms in total. The summed E-state index contributed by atoms with van der Waals surface area (Å²) in [6, 6.07) is 6.61. The minimum Gasteiger partial charge on any atom is -0.379 e. The second-order valence-corrected chi connectivity index (χ2v) is 8.85. The van der Waals surface area contributed by atoms with E-state index in [1.54, 1.807) is 0 Å². The Bertz CT molecular complexity index is 700. The number of benzene rings is 1. The number of rotatable bonds is 11. The van der Waals surface area contributed by atoms with E-state index in [1.807, 2.05) is 0 Å². The van der Waals surface area contributed by atoms with Gasteiger partial charge < -0.3 is 15.5 Å². The van der Waals surface area contributed by atoms with Crippen molar-refractivity contribution in [3.63, 3.8) is 0 Å². The van der Waals surface area contributed by atoms with Gasteiger partial charge in [-0.05, 0) is 50.3 Å². The fourth-order valence-corrected chi connectivity index (χ4v) is 4.02. The molecule has 0 saturated carbocycles. The zero-order valence-corrected chi connectivity index (χ0v) is 19.9. The summed E-state index contributed by atoms with van der Waals surface area (Å²) in [5, 5.41) is 7.04. The Labute approximate surface area is 187 Å². The van der Waals surface area contributed by atoms with Gasteiger partial charge in [0.05, 0.1) is 16.4 Å². The van der Waals surface area contributed by atoms with Crippen molar-refractivity contribution in [3.8, 4) is 0 Å². The predicted molar refractivity (Wildman–Crippen MR) is 128 cm³/mol. The summed E-state index contributed by atoms with van der Waals surface area (Å²) >= 11 is 6.60. The summed E-state index contributed by atoms with van der Waals surface area (Å²) in [5.74, 6) is 0.334. The highest BCUT2D eigenvalue weighted by atomic mass is 35.5. The minimum atomic E-state index is -0.0954. The van der Waals surface area contributed by atoms with Crippen molar-refractivity contribution in [2.24, 2.45) is 5.92 Å². The third-order valence-electron chi connectivity index (χ3n) is 6.01. The van der Waals surface area contributed by atoms with Gasteiger partial charge in [0.2, 0.25) is 0 Å². The summed E-state index contributed by atoms with van der Waals surface area (Å²) < 4.78 is 0. The van der Waals surface area contributed by atoms with Gasteiger partial charge in [-0.1, -0.05) is 51.1 Å². The number of nitrogens with zero attached hydrogens (tertiary/aromatic N) is 2. The molecule has 1 heterocycles. The standard InChI is InChI=1S/C24H39ClN4O/c1-6-19(4)27-20(5)24(30)26-17-18(3)11-12-28-13-15-29(16-14-28)22-10-8-9-21(7-2)23(22)25/h8-10,18-19,27H,5-7,11-17H2,1-4H3,(H,26,30). The van der Waals surface area contributed by atoms with Crippen LogP contribution in [0.15, 0.2) is 30.5 Å². The number of carbonyl (C=O) groups is 1.